The number of rotatable bonds is 3. The number of thiazole rings is 1. The minimum Gasteiger partial charge on any atom is -0.364 e. The molecule has 0 aliphatic rings. The van der Waals surface area contributed by atoms with Gasteiger partial charge in [-0.2, -0.15) is 0 Å². The van der Waals surface area contributed by atoms with Crippen LogP contribution in [-0.4, -0.2) is 15.9 Å². The fourth-order valence-electron chi connectivity index (χ4n) is 1.48. The Morgan fingerprint density at radius 1 is 1.50 bits per heavy atom. The van der Waals surface area contributed by atoms with E-state index in [9.17, 15) is 4.79 Å². The van der Waals surface area contributed by atoms with E-state index in [4.69, 9.17) is 5.73 Å². The van der Waals surface area contributed by atoms with E-state index in [0.717, 1.165) is 15.4 Å². The average Bonchev–Trinajstić information content (AvgIpc) is 2.64. The Labute approximate surface area is 97.2 Å². The van der Waals surface area contributed by atoms with E-state index in [-0.39, 0.29) is 0 Å². The third-order valence-electron chi connectivity index (χ3n) is 2.16. The van der Waals surface area contributed by atoms with Gasteiger partial charge in [0.25, 0.3) is 5.91 Å². The molecule has 0 spiro atoms. The maximum absolute atomic E-state index is 11.2. The lowest BCUT2D eigenvalue weighted by Crippen LogP contribution is -2.15. The Hall–Kier alpha value is -1.75. The number of aromatic nitrogens is 2. The van der Waals surface area contributed by atoms with Crippen molar-refractivity contribution < 1.29 is 4.79 Å². The molecule has 0 bridgehead atoms. The van der Waals surface area contributed by atoms with Crippen molar-refractivity contribution in [3.05, 3.63) is 45.7 Å². The van der Waals surface area contributed by atoms with Gasteiger partial charge in [0.1, 0.15) is 5.69 Å². The van der Waals surface area contributed by atoms with Gasteiger partial charge in [0.05, 0.1) is 5.01 Å². The second-order valence-electron chi connectivity index (χ2n) is 3.40. The van der Waals surface area contributed by atoms with Crippen molar-refractivity contribution in [1.82, 2.24) is 9.97 Å². The van der Waals surface area contributed by atoms with Crippen molar-refractivity contribution in [2.45, 2.75) is 13.3 Å². The van der Waals surface area contributed by atoms with Crippen LogP contribution in [0.25, 0.3) is 0 Å². The summed E-state index contributed by atoms with van der Waals surface area (Å²) in [6.45, 7) is 1.95. The standard InChI is InChI=1S/C11H11N3OS/c1-7-14-6-9(16-7)5-8-3-2-4-13-10(8)11(12)15/h2-4,6H,5H2,1H3,(H2,12,15). The van der Waals surface area contributed by atoms with Crippen molar-refractivity contribution in [2.24, 2.45) is 5.73 Å². The maximum atomic E-state index is 11.2. The normalized spacial score (nSPS) is 10.3. The lowest BCUT2D eigenvalue weighted by Gasteiger charge is -2.02. The molecule has 0 unspecified atom stereocenters. The second-order valence-corrected chi connectivity index (χ2v) is 4.72. The van der Waals surface area contributed by atoms with E-state index in [1.165, 1.54) is 0 Å². The van der Waals surface area contributed by atoms with Gasteiger partial charge in [0.15, 0.2) is 0 Å². The highest BCUT2D eigenvalue weighted by Gasteiger charge is 2.10. The number of hydrogen-bond donors (Lipinski definition) is 1. The second kappa shape index (κ2) is 4.40. The summed E-state index contributed by atoms with van der Waals surface area (Å²) in [5, 5.41) is 1.01. The van der Waals surface area contributed by atoms with Crippen LogP contribution in [0.15, 0.2) is 24.5 Å². The van der Waals surface area contributed by atoms with Gasteiger partial charge < -0.3 is 5.73 Å². The molecule has 0 aromatic carbocycles. The Morgan fingerprint density at radius 3 is 2.94 bits per heavy atom. The molecule has 0 saturated carbocycles. The van der Waals surface area contributed by atoms with Crippen molar-refractivity contribution in [3.63, 3.8) is 0 Å². The molecule has 0 saturated heterocycles. The third-order valence-corrected chi connectivity index (χ3v) is 3.07. The lowest BCUT2D eigenvalue weighted by atomic mass is 10.1. The molecule has 1 amide bonds. The molecule has 4 nitrogen and oxygen atoms in total. The van der Waals surface area contributed by atoms with E-state index >= 15 is 0 Å². The zero-order valence-electron chi connectivity index (χ0n) is 8.80. The first-order valence-electron chi connectivity index (χ1n) is 4.82. The number of nitrogens with two attached hydrogens (primary N) is 1. The molecular weight excluding hydrogens is 222 g/mol. The molecule has 2 N–H and O–H groups in total. The maximum Gasteiger partial charge on any atom is 0.267 e. The summed E-state index contributed by atoms with van der Waals surface area (Å²) in [5.74, 6) is -0.489. The molecule has 2 rings (SSSR count). The summed E-state index contributed by atoms with van der Waals surface area (Å²) in [5.41, 5.74) is 6.45. The first-order valence-corrected chi connectivity index (χ1v) is 5.63. The van der Waals surface area contributed by atoms with Crippen LogP contribution in [0.2, 0.25) is 0 Å². The summed E-state index contributed by atoms with van der Waals surface area (Å²) in [4.78, 5) is 20.4. The van der Waals surface area contributed by atoms with E-state index in [1.54, 1.807) is 23.6 Å². The Balaban J connectivity index is 2.31. The van der Waals surface area contributed by atoms with Gasteiger partial charge in [-0.25, -0.2) is 4.98 Å². The van der Waals surface area contributed by atoms with Crippen molar-refractivity contribution in [2.75, 3.05) is 0 Å². The Kier molecular flexibility index (Phi) is 2.96. The first-order chi connectivity index (χ1) is 7.66. The molecule has 0 fully saturated rings. The number of carbonyl (C=O) groups is 1. The van der Waals surface area contributed by atoms with E-state index in [0.29, 0.717) is 12.1 Å². The predicted octanol–water partition coefficient (Wildman–Crippen LogP) is 1.54. The summed E-state index contributed by atoms with van der Waals surface area (Å²) in [6, 6.07) is 3.66. The molecule has 0 atom stereocenters. The fraction of sp³-hybridized carbons (Fsp3) is 0.182. The van der Waals surface area contributed by atoms with E-state index in [1.807, 2.05) is 19.2 Å². The highest BCUT2D eigenvalue weighted by molar-refractivity contribution is 7.11. The summed E-state index contributed by atoms with van der Waals surface area (Å²) >= 11 is 1.61. The van der Waals surface area contributed by atoms with E-state index in [2.05, 4.69) is 9.97 Å². The number of aryl methyl sites for hydroxylation is 1. The average molecular weight is 233 g/mol. The quantitative estimate of drug-likeness (QED) is 0.874. The molecule has 0 aliphatic heterocycles. The minimum atomic E-state index is -0.489. The van der Waals surface area contributed by atoms with Crippen LogP contribution in [0.4, 0.5) is 0 Å². The lowest BCUT2D eigenvalue weighted by molar-refractivity contribution is 0.0995. The SMILES string of the molecule is Cc1ncc(Cc2cccnc2C(N)=O)s1. The monoisotopic (exact) mass is 233 g/mol. The van der Waals surface area contributed by atoms with Crippen LogP contribution >= 0.6 is 11.3 Å². The zero-order chi connectivity index (χ0) is 11.5. The van der Waals surface area contributed by atoms with Crippen molar-refractivity contribution in [1.29, 1.82) is 0 Å². The van der Waals surface area contributed by atoms with Crippen LogP contribution in [0.5, 0.6) is 0 Å². The van der Waals surface area contributed by atoms with Gasteiger partial charge in [-0.1, -0.05) is 6.07 Å². The molecule has 2 aromatic heterocycles. The van der Waals surface area contributed by atoms with Crippen LogP contribution < -0.4 is 5.73 Å². The largest absolute Gasteiger partial charge is 0.364 e. The molecule has 0 aliphatic carbocycles. The van der Waals surface area contributed by atoms with Crippen LogP contribution in [0, 0.1) is 6.92 Å². The number of carbonyl (C=O) groups excluding carboxylic acids is 1. The topological polar surface area (TPSA) is 68.9 Å². The molecule has 82 valence electrons. The van der Waals surface area contributed by atoms with Crippen LogP contribution in [0.3, 0.4) is 0 Å². The van der Waals surface area contributed by atoms with Crippen molar-refractivity contribution >= 4 is 17.2 Å². The third kappa shape index (κ3) is 2.25. The summed E-state index contributed by atoms with van der Waals surface area (Å²) < 4.78 is 0. The molecule has 2 heterocycles. The van der Waals surface area contributed by atoms with Gasteiger partial charge in [0.2, 0.25) is 0 Å². The molecular formula is C11H11N3OS. The van der Waals surface area contributed by atoms with Crippen molar-refractivity contribution in [3.8, 4) is 0 Å². The molecule has 0 radical (unpaired) electrons. The number of primary amides is 1. The highest BCUT2D eigenvalue weighted by Crippen LogP contribution is 2.17. The first kappa shape index (κ1) is 10.8. The number of hydrogen-bond acceptors (Lipinski definition) is 4. The van der Waals surface area contributed by atoms with Gasteiger partial charge in [-0.05, 0) is 18.6 Å². The van der Waals surface area contributed by atoms with Gasteiger partial charge in [-0.3, -0.25) is 9.78 Å². The molecule has 16 heavy (non-hydrogen) atoms. The number of amides is 1. The predicted molar refractivity (Wildman–Crippen MR) is 62.4 cm³/mol. The molecule has 5 heteroatoms. The van der Waals surface area contributed by atoms with Gasteiger partial charge >= 0.3 is 0 Å². The minimum absolute atomic E-state index is 0.341. The number of nitrogens with zero attached hydrogens (tertiary/aromatic N) is 2. The highest BCUT2D eigenvalue weighted by atomic mass is 32.1. The Morgan fingerprint density at radius 2 is 2.31 bits per heavy atom. The fourth-order valence-corrected chi connectivity index (χ4v) is 2.30. The smallest absolute Gasteiger partial charge is 0.267 e. The summed E-state index contributed by atoms with van der Waals surface area (Å²) in [7, 11) is 0. The van der Waals surface area contributed by atoms with Crippen LogP contribution in [-0.2, 0) is 6.42 Å². The number of pyridine rings is 1. The van der Waals surface area contributed by atoms with Crippen LogP contribution in [0.1, 0.15) is 25.9 Å². The Bertz CT molecular complexity index is 521. The molecule has 2 aromatic rings. The van der Waals surface area contributed by atoms with Gasteiger partial charge in [0, 0.05) is 23.7 Å². The van der Waals surface area contributed by atoms with Gasteiger partial charge in [-0.15, -0.1) is 11.3 Å². The van der Waals surface area contributed by atoms with E-state index < -0.39 is 5.91 Å². The zero-order valence-corrected chi connectivity index (χ0v) is 9.62. The summed E-state index contributed by atoms with van der Waals surface area (Å²) in [6.07, 6.45) is 4.04.